The Bertz CT molecular complexity index is 933. The van der Waals surface area contributed by atoms with E-state index >= 15 is 0 Å². The summed E-state index contributed by atoms with van der Waals surface area (Å²) in [6, 6.07) is 0. The molecule has 0 aliphatic rings. The maximum Gasteiger partial charge on any atom is 0.306 e. The van der Waals surface area contributed by atoms with E-state index in [1.54, 1.807) is 0 Å². The van der Waals surface area contributed by atoms with E-state index in [0.717, 1.165) is 69.6 Å². The maximum atomic E-state index is 12.7. The molecule has 0 heterocycles. The zero-order chi connectivity index (χ0) is 44.7. The fourth-order valence-electron chi connectivity index (χ4n) is 8.31. The Labute approximate surface area is 380 Å². The number of hydrogen-bond donors (Lipinski definition) is 0. The van der Waals surface area contributed by atoms with Gasteiger partial charge in [0.1, 0.15) is 13.2 Å². The lowest BCUT2D eigenvalue weighted by molar-refractivity contribution is -0.167. The fraction of sp³-hybridized carbons (Fsp3) is 0.945. The van der Waals surface area contributed by atoms with Crippen LogP contribution in [-0.4, -0.2) is 37.2 Å². The predicted molar refractivity (Wildman–Crippen MR) is 261 cm³/mol. The van der Waals surface area contributed by atoms with Crippen molar-refractivity contribution in [3.05, 3.63) is 0 Å². The first-order valence-electron chi connectivity index (χ1n) is 27.3. The SMILES string of the molecule is CCCCCCCCCCCCC(=O)O[C@H](COC(=O)CCCCCCCCCCCCCCCCCCCCC(C)CC)COC(=O)CCCCCCCCCCC(C)C. The van der Waals surface area contributed by atoms with Crippen LogP contribution in [0, 0.1) is 11.8 Å². The Morgan fingerprint density at radius 2 is 0.623 bits per heavy atom. The van der Waals surface area contributed by atoms with E-state index in [4.69, 9.17) is 14.2 Å². The summed E-state index contributed by atoms with van der Waals surface area (Å²) in [6.45, 7) is 11.4. The lowest BCUT2D eigenvalue weighted by Crippen LogP contribution is -2.30. The number of carbonyl (C=O) groups is 3. The zero-order valence-corrected chi connectivity index (χ0v) is 41.8. The molecule has 0 radical (unpaired) electrons. The summed E-state index contributed by atoms with van der Waals surface area (Å²) < 4.78 is 16.8. The molecule has 0 spiro atoms. The molecule has 0 saturated carbocycles. The Kier molecular flexibility index (Phi) is 46.6. The molecule has 0 aliphatic carbocycles. The topological polar surface area (TPSA) is 78.9 Å². The van der Waals surface area contributed by atoms with Crippen LogP contribution < -0.4 is 0 Å². The average Bonchev–Trinajstić information content (AvgIpc) is 3.24. The Balaban J connectivity index is 4.16. The second-order valence-electron chi connectivity index (χ2n) is 19.6. The van der Waals surface area contributed by atoms with Crippen molar-refractivity contribution in [3.8, 4) is 0 Å². The second-order valence-corrected chi connectivity index (χ2v) is 19.6. The van der Waals surface area contributed by atoms with E-state index in [2.05, 4.69) is 34.6 Å². The first-order chi connectivity index (χ1) is 29.8. The van der Waals surface area contributed by atoms with Gasteiger partial charge in [0.05, 0.1) is 0 Å². The fourth-order valence-corrected chi connectivity index (χ4v) is 8.31. The number of unbranched alkanes of at least 4 members (excludes halogenated alkanes) is 33. The molecule has 61 heavy (non-hydrogen) atoms. The van der Waals surface area contributed by atoms with Gasteiger partial charge in [-0.2, -0.15) is 0 Å². The Hall–Kier alpha value is -1.59. The van der Waals surface area contributed by atoms with Crippen LogP contribution in [0.1, 0.15) is 304 Å². The Morgan fingerprint density at radius 3 is 0.934 bits per heavy atom. The largest absolute Gasteiger partial charge is 0.462 e. The van der Waals surface area contributed by atoms with Gasteiger partial charge in [-0.15, -0.1) is 0 Å². The van der Waals surface area contributed by atoms with Gasteiger partial charge in [0.25, 0.3) is 0 Å². The molecule has 2 atom stereocenters. The molecule has 0 aromatic carbocycles. The molecule has 0 amide bonds. The van der Waals surface area contributed by atoms with Gasteiger partial charge in [0.15, 0.2) is 6.10 Å². The summed E-state index contributed by atoms with van der Waals surface area (Å²) in [5.41, 5.74) is 0. The standard InChI is InChI=1S/C55H106O6/c1-6-8-9-10-11-12-24-32-37-42-47-55(58)61-52(49-60-54(57)46-41-36-31-27-26-28-33-38-43-50(3)4)48-59-53(56)45-40-35-30-25-22-20-18-16-14-13-15-17-19-21-23-29-34-39-44-51(5)7-2/h50-52H,6-49H2,1-5H3/t51?,52-/m1/s1. The van der Waals surface area contributed by atoms with Gasteiger partial charge in [-0.05, 0) is 31.1 Å². The number of carbonyl (C=O) groups excluding carboxylic acids is 3. The quantitative estimate of drug-likeness (QED) is 0.0344. The molecular formula is C55H106O6. The third-order valence-corrected chi connectivity index (χ3v) is 12.8. The van der Waals surface area contributed by atoms with Gasteiger partial charge >= 0.3 is 17.9 Å². The number of esters is 3. The molecule has 0 N–H and O–H groups in total. The lowest BCUT2D eigenvalue weighted by atomic mass is 9.99. The van der Waals surface area contributed by atoms with Crippen molar-refractivity contribution in [2.75, 3.05) is 13.2 Å². The third-order valence-electron chi connectivity index (χ3n) is 12.8. The number of hydrogen-bond acceptors (Lipinski definition) is 6. The molecule has 0 bridgehead atoms. The van der Waals surface area contributed by atoms with Crippen molar-refractivity contribution >= 4 is 17.9 Å². The summed E-state index contributed by atoms with van der Waals surface area (Å²) in [6.07, 6.45) is 49.6. The van der Waals surface area contributed by atoms with E-state index < -0.39 is 6.10 Å². The highest BCUT2D eigenvalue weighted by atomic mass is 16.6. The monoisotopic (exact) mass is 863 g/mol. The van der Waals surface area contributed by atoms with Crippen LogP contribution >= 0.6 is 0 Å². The normalized spacial score (nSPS) is 12.5. The van der Waals surface area contributed by atoms with Gasteiger partial charge in [-0.3, -0.25) is 14.4 Å². The van der Waals surface area contributed by atoms with Crippen LogP contribution in [0.3, 0.4) is 0 Å². The molecule has 0 fully saturated rings. The molecule has 6 nitrogen and oxygen atoms in total. The molecule has 6 heteroatoms. The average molecular weight is 863 g/mol. The molecule has 362 valence electrons. The summed E-state index contributed by atoms with van der Waals surface area (Å²) in [5.74, 6) is 0.857. The highest BCUT2D eigenvalue weighted by Crippen LogP contribution is 2.18. The molecule has 0 saturated heterocycles. The number of ether oxygens (including phenoxy) is 3. The first-order valence-corrected chi connectivity index (χ1v) is 27.3. The third kappa shape index (κ3) is 47.7. The highest BCUT2D eigenvalue weighted by Gasteiger charge is 2.19. The maximum absolute atomic E-state index is 12.7. The lowest BCUT2D eigenvalue weighted by Gasteiger charge is -2.18. The van der Waals surface area contributed by atoms with Gasteiger partial charge in [0, 0.05) is 19.3 Å². The summed E-state index contributed by atoms with van der Waals surface area (Å²) >= 11 is 0. The van der Waals surface area contributed by atoms with Crippen LogP contribution in [0.2, 0.25) is 0 Å². The van der Waals surface area contributed by atoms with E-state index in [9.17, 15) is 14.4 Å². The summed E-state index contributed by atoms with van der Waals surface area (Å²) in [4.78, 5) is 37.9. The van der Waals surface area contributed by atoms with E-state index in [-0.39, 0.29) is 31.1 Å². The minimum absolute atomic E-state index is 0.0637. The molecule has 0 aromatic heterocycles. The molecular weight excluding hydrogens is 757 g/mol. The van der Waals surface area contributed by atoms with Gasteiger partial charge < -0.3 is 14.2 Å². The zero-order valence-electron chi connectivity index (χ0n) is 41.8. The summed E-state index contributed by atoms with van der Waals surface area (Å²) in [7, 11) is 0. The van der Waals surface area contributed by atoms with Crippen LogP contribution in [0.5, 0.6) is 0 Å². The van der Waals surface area contributed by atoms with Gasteiger partial charge in [-0.1, -0.05) is 266 Å². The van der Waals surface area contributed by atoms with Crippen molar-refractivity contribution in [1.82, 2.24) is 0 Å². The molecule has 1 unspecified atom stereocenters. The predicted octanol–water partition coefficient (Wildman–Crippen LogP) is 17.7. The minimum atomic E-state index is -0.761. The second kappa shape index (κ2) is 47.9. The van der Waals surface area contributed by atoms with Crippen molar-refractivity contribution in [1.29, 1.82) is 0 Å². The van der Waals surface area contributed by atoms with Gasteiger partial charge in [-0.25, -0.2) is 0 Å². The van der Waals surface area contributed by atoms with E-state index in [1.165, 1.54) is 193 Å². The smallest absolute Gasteiger partial charge is 0.306 e. The van der Waals surface area contributed by atoms with Crippen LogP contribution in [0.15, 0.2) is 0 Å². The molecule has 0 aromatic rings. The van der Waals surface area contributed by atoms with Gasteiger partial charge in [0.2, 0.25) is 0 Å². The molecule has 0 aliphatic heterocycles. The minimum Gasteiger partial charge on any atom is -0.462 e. The molecule has 0 rings (SSSR count). The van der Waals surface area contributed by atoms with Crippen molar-refractivity contribution in [2.45, 2.75) is 310 Å². The summed E-state index contributed by atoms with van der Waals surface area (Å²) in [5, 5.41) is 0. The van der Waals surface area contributed by atoms with Crippen LogP contribution in [0.4, 0.5) is 0 Å². The first kappa shape index (κ1) is 59.4. The van der Waals surface area contributed by atoms with Crippen molar-refractivity contribution < 1.29 is 28.6 Å². The van der Waals surface area contributed by atoms with Crippen molar-refractivity contribution in [3.63, 3.8) is 0 Å². The highest BCUT2D eigenvalue weighted by molar-refractivity contribution is 5.71. The van der Waals surface area contributed by atoms with Crippen LogP contribution in [0.25, 0.3) is 0 Å². The van der Waals surface area contributed by atoms with E-state index in [0.29, 0.717) is 19.3 Å². The Morgan fingerprint density at radius 1 is 0.344 bits per heavy atom. The number of rotatable bonds is 49. The van der Waals surface area contributed by atoms with Crippen molar-refractivity contribution in [2.24, 2.45) is 11.8 Å². The van der Waals surface area contributed by atoms with E-state index in [1.807, 2.05) is 0 Å². The van der Waals surface area contributed by atoms with Crippen LogP contribution in [-0.2, 0) is 28.6 Å².